The van der Waals surface area contributed by atoms with Gasteiger partial charge in [0.15, 0.2) is 15.6 Å². The second-order valence-corrected chi connectivity index (χ2v) is 6.72. The van der Waals surface area contributed by atoms with Crippen molar-refractivity contribution in [2.75, 3.05) is 6.26 Å². The number of nitrogens with zero attached hydrogens (tertiary/aromatic N) is 1. The van der Waals surface area contributed by atoms with Crippen molar-refractivity contribution >= 4 is 15.6 Å². The van der Waals surface area contributed by atoms with Crippen molar-refractivity contribution in [2.45, 2.75) is 18.2 Å². The van der Waals surface area contributed by atoms with Gasteiger partial charge in [-0.25, -0.2) is 8.42 Å². The largest absolute Gasteiger partial charge is 0.294 e. The lowest BCUT2D eigenvalue weighted by molar-refractivity contribution is 0.0993. The van der Waals surface area contributed by atoms with Gasteiger partial charge in [-0.2, -0.15) is 0 Å². The zero-order valence-electron chi connectivity index (χ0n) is 11.3. The Morgan fingerprint density at radius 1 is 1.10 bits per heavy atom. The Morgan fingerprint density at radius 2 is 1.75 bits per heavy atom. The van der Waals surface area contributed by atoms with Crippen LogP contribution >= 0.6 is 0 Å². The molecule has 0 saturated carbocycles. The third-order valence-electron chi connectivity index (χ3n) is 2.94. The molecule has 0 atom stereocenters. The first-order valence-corrected chi connectivity index (χ1v) is 8.00. The van der Waals surface area contributed by atoms with Crippen molar-refractivity contribution in [3.05, 3.63) is 59.4 Å². The van der Waals surface area contributed by atoms with Crippen LogP contribution in [-0.4, -0.2) is 25.4 Å². The summed E-state index contributed by atoms with van der Waals surface area (Å²) in [5.74, 6) is -0.0595. The Balaban J connectivity index is 2.15. The van der Waals surface area contributed by atoms with Gasteiger partial charge in [-0.05, 0) is 30.7 Å². The van der Waals surface area contributed by atoms with Gasteiger partial charge in [-0.3, -0.25) is 9.78 Å². The molecule has 20 heavy (non-hydrogen) atoms. The Labute approximate surface area is 118 Å². The molecule has 2 aromatic rings. The van der Waals surface area contributed by atoms with E-state index in [1.165, 1.54) is 12.1 Å². The number of carbonyl (C=O) groups is 1. The molecule has 0 aliphatic rings. The van der Waals surface area contributed by atoms with Gasteiger partial charge < -0.3 is 0 Å². The molecule has 104 valence electrons. The maximum atomic E-state index is 12.1. The number of rotatable bonds is 4. The van der Waals surface area contributed by atoms with Crippen LogP contribution in [0.4, 0.5) is 0 Å². The first kappa shape index (κ1) is 14.4. The van der Waals surface area contributed by atoms with E-state index in [0.29, 0.717) is 5.56 Å². The van der Waals surface area contributed by atoms with Crippen LogP contribution in [0.2, 0.25) is 0 Å². The van der Waals surface area contributed by atoms with Crippen LogP contribution in [0.15, 0.2) is 47.5 Å². The number of aromatic nitrogens is 1. The first-order chi connectivity index (χ1) is 9.36. The van der Waals surface area contributed by atoms with Crippen LogP contribution in [0.3, 0.4) is 0 Å². The molecule has 1 heterocycles. The van der Waals surface area contributed by atoms with Crippen LogP contribution in [-0.2, 0) is 16.3 Å². The lowest BCUT2D eigenvalue weighted by atomic mass is 10.0. The van der Waals surface area contributed by atoms with Crippen LogP contribution in [0.25, 0.3) is 0 Å². The highest BCUT2D eigenvalue weighted by Gasteiger charge is 2.10. The lowest BCUT2D eigenvalue weighted by Crippen LogP contribution is -2.05. The molecular formula is C15H15NO3S. The van der Waals surface area contributed by atoms with Gasteiger partial charge in [0.2, 0.25) is 0 Å². The van der Waals surface area contributed by atoms with E-state index in [1.54, 1.807) is 18.3 Å². The molecule has 1 aromatic heterocycles. The van der Waals surface area contributed by atoms with Crippen LogP contribution in [0.1, 0.15) is 21.6 Å². The molecule has 0 bridgehead atoms. The first-order valence-electron chi connectivity index (χ1n) is 6.11. The highest BCUT2D eigenvalue weighted by molar-refractivity contribution is 7.90. The summed E-state index contributed by atoms with van der Waals surface area (Å²) in [6, 6.07) is 9.72. The minimum atomic E-state index is -3.23. The summed E-state index contributed by atoms with van der Waals surface area (Å²) in [7, 11) is -3.23. The number of aryl methyl sites for hydroxylation is 1. The Morgan fingerprint density at radius 3 is 2.25 bits per heavy atom. The molecule has 1 aromatic carbocycles. The Bertz CT molecular complexity index is 717. The summed E-state index contributed by atoms with van der Waals surface area (Å²) in [5.41, 5.74) is 2.24. The molecule has 5 heteroatoms. The number of sulfone groups is 1. The smallest absolute Gasteiger partial charge is 0.175 e. The predicted molar refractivity (Wildman–Crippen MR) is 76.6 cm³/mol. The van der Waals surface area contributed by atoms with Gasteiger partial charge in [0.1, 0.15) is 0 Å². The summed E-state index contributed by atoms with van der Waals surface area (Å²) in [6.07, 6.45) is 3.07. The number of Topliss-reactive ketones (excluding diaryl/α,β-unsaturated/α-hetero) is 1. The molecule has 0 amide bonds. The summed E-state index contributed by atoms with van der Waals surface area (Å²) in [4.78, 5) is 16.4. The molecule has 0 spiro atoms. The van der Waals surface area contributed by atoms with E-state index in [2.05, 4.69) is 4.98 Å². The Kier molecular flexibility index (Phi) is 3.99. The molecule has 0 aliphatic carbocycles. The van der Waals surface area contributed by atoms with E-state index in [9.17, 15) is 13.2 Å². The van der Waals surface area contributed by atoms with Crippen molar-refractivity contribution in [1.29, 1.82) is 0 Å². The normalized spacial score (nSPS) is 11.3. The fourth-order valence-electron chi connectivity index (χ4n) is 1.78. The van der Waals surface area contributed by atoms with E-state index in [0.717, 1.165) is 17.5 Å². The quantitative estimate of drug-likeness (QED) is 0.810. The van der Waals surface area contributed by atoms with E-state index < -0.39 is 9.84 Å². The standard InChI is InChI=1S/C15H15NO3S/c1-11-3-4-12(10-16-11)9-15(17)13-5-7-14(8-6-13)20(2,18)19/h3-8,10H,9H2,1-2H3. The molecule has 0 unspecified atom stereocenters. The van der Waals surface area contributed by atoms with Crippen LogP contribution in [0.5, 0.6) is 0 Å². The summed E-state index contributed by atoms with van der Waals surface area (Å²) < 4.78 is 22.7. The third-order valence-corrected chi connectivity index (χ3v) is 4.07. The lowest BCUT2D eigenvalue weighted by Gasteiger charge is -2.03. The topological polar surface area (TPSA) is 64.1 Å². The maximum absolute atomic E-state index is 12.1. The monoisotopic (exact) mass is 289 g/mol. The van der Waals surface area contributed by atoms with Gasteiger partial charge in [-0.1, -0.05) is 18.2 Å². The van der Waals surface area contributed by atoms with Crippen molar-refractivity contribution < 1.29 is 13.2 Å². The zero-order valence-corrected chi connectivity index (χ0v) is 12.1. The number of benzene rings is 1. The molecule has 0 fully saturated rings. The predicted octanol–water partition coefficient (Wildman–Crippen LogP) is 2.22. The maximum Gasteiger partial charge on any atom is 0.175 e. The second kappa shape index (κ2) is 5.54. The Hall–Kier alpha value is -2.01. The SMILES string of the molecule is Cc1ccc(CC(=O)c2ccc(S(C)(=O)=O)cc2)cn1. The van der Waals surface area contributed by atoms with Gasteiger partial charge >= 0.3 is 0 Å². The van der Waals surface area contributed by atoms with Crippen LogP contribution in [0, 0.1) is 6.92 Å². The number of pyridine rings is 1. The fraction of sp³-hybridized carbons (Fsp3) is 0.200. The average Bonchev–Trinajstić information content (AvgIpc) is 2.40. The molecule has 0 N–H and O–H groups in total. The molecule has 0 radical (unpaired) electrons. The molecule has 0 saturated heterocycles. The minimum Gasteiger partial charge on any atom is -0.294 e. The average molecular weight is 289 g/mol. The number of hydrogen-bond acceptors (Lipinski definition) is 4. The summed E-state index contributed by atoms with van der Waals surface area (Å²) in [6.45, 7) is 1.88. The van der Waals surface area contributed by atoms with Crippen molar-refractivity contribution in [3.8, 4) is 0 Å². The number of ketones is 1. The summed E-state index contributed by atoms with van der Waals surface area (Å²) >= 11 is 0. The molecular weight excluding hydrogens is 274 g/mol. The fourth-order valence-corrected chi connectivity index (χ4v) is 2.41. The van der Waals surface area contributed by atoms with E-state index in [1.807, 2.05) is 19.1 Å². The van der Waals surface area contributed by atoms with Gasteiger partial charge in [0, 0.05) is 30.1 Å². The van der Waals surface area contributed by atoms with E-state index in [4.69, 9.17) is 0 Å². The van der Waals surface area contributed by atoms with E-state index in [-0.39, 0.29) is 17.1 Å². The highest BCUT2D eigenvalue weighted by Crippen LogP contribution is 2.12. The molecule has 2 rings (SSSR count). The number of hydrogen-bond donors (Lipinski definition) is 0. The van der Waals surface area contributed by atoms with Crippen molar-refractivity contribution in [3.63, 3.8) is 0 Å². The third kappa shape index (κ3) is 3.51. The minimum absolute atomic E-state index is 0.0595. The second-order valence-electron chi connectivity index (χ2n) is 4.70. The highest BCUT2D eigenvalue weighted by atomic mass is 32.2. The van der Waals surface area contributed by atoms with Crippen LogP contribution < -0.4 is 0 Å². The van der Waals surface area contributed by atoms with Gasteiger partial charge in [0.25, 0.3) is 0 Å². The molecule has 4 nitrogen and oxygen atoms in total. The van der Waals surface area contributed by atoms with Gasteiger partial charge in [-0.15, -0.1) is 0 Å². The molecule has 0 aliphatic heterocycles. The number of carbonyl (C=O) groups excluding carboxylic acids is 1. The summed E-state index contributed by atoms with van der Waals surface area (Å²) in [5, 5.41) is 0. The van der Waals surface area contributed by atoms with Crippen molar-refractivity contribution in [1.82, 2.24) is 4.98 Å². The van der Waals surface area contributed by atoms with Gasteiger partial charge in [0.05, 0.1) is 4.90 Å². The zero-order chi connectivity index (χ0) is 14.8. The van der Waals surface area contributed by atoms with E-state index >= 15 is 0 Å². The van der Waals surface area contributed by atoms with Crippen molar-refractivity contribution in [2.24, 2.45) is 0 Å².